The van der Waals surface area contributed by atoms with Crippen molar-refractivity contribution in [1.29, 1.82) is 0 Å². The summed E-state index contributed by atoms with van der Waals surface area (Å²) in [6.07, 6.45) is -1.83. The average molecular weight is 248 g/mol. The first kappa shape index (κ1) is 10.9. The molecule has 3 nitrogen and oxygen atoms in total. The maximum Gasteiger partial charge on any atom is 0.435 e. The van der Waals surface area contributed by atoms with Gasteiger partial charge >= 0.3 is 6.18 Å². The van der Waals surface area contributed by atoms with Crippen molar-refractivity contribution in [2.24, 2.45) is 0 Å². The molecule has 0 fully saturated rings. The molecule has 0 N–H and O–H groups in total. The summed E-state index contributed by atoms with van der Waals surface area (Å²) >= 11 is 5.73. The van der Waals surface area contributed by atoms with Crippen LogP contribution in [0, 0.1) is 0 Å². The van der Waals surface area contributed by atoms with Crippen molar-refractivity contribution in [3.63, 3.8) is 0 Å². The van der Waals surface area contributed by atoms with Gasteiger partial charge in [-0.3, -0.25) is 0 Å². The smallest absolute Gasteiger partial charge is 0.242 e. The number of rotatable bonds is 1. The lowest BCUT2D eigenvalue weighted by Crippen LogP contribution is -2.07. The van der Waals surface area contributed by atoms with Gasteiger partial charge in [-0.1, -0.05) is 11.6 Å². The lowest BCUT2D eigenvalue weighted by molar-refractivity contribution is -0.141. The molecule has 0 aliphatic carbocycles. The Balaban J connectivity index is 2.44. The molecule has 84 valence electrons. The lowest BCUT2D eigenvalue weighted by Gasteiger charge is -2.03. The minimum Gasteiger partial charge on any atom is -0.242 e. The van der Waals surface area contributed by atoms with Crippen LogP contribution in [0.3, 0.4) is 0 Å². The first-order chi connectivity index (χ1) is 7.48. The Hall–Kier alpha value is -1.56. The Bertz CT molecular complexity index is 507. The van der Waals surface area contributed by atoms with Crippen LogP contribution in [0.25, 0.3) is 5.69 Å². The highest BCUT2D eigenvalue weighted by molar-refractivity contribution is 6.31. The Kier molecular flexibility index (Phi) is 2.59. The van der Waals surface area contributed by atoms with Crippen LogP contribution in [0.4, 0.5) is 13.2 Å². The van der Waals surface area contributed by atoms with Crippen LogP contribution in [0.15, 0.2) is 30.6 Å². The van der Waals surface area contributed by atoms with Crippen molar-refractivity contribution in [3.8, 4) is 5.69 Å². The highest BCUT2D eigenvalue weighted by Gasteiger charge is 2.33. The van der Waals surface area contributed by atoms with E-state index in [4.69, 9.17) is 11.6 Å². The minimum atomic E-state index is -4.46. The third-order valence-corrected chi connectivity index (χ3v) is 2.16. The van der Waals surface area contributed by atoms with Gasteiger partial charge in [0.15, 0.2) is 10.8 Å². The van der Waals surface area contributed by atoms with Crippen LogP contribution in [0.5, 0.6) is 0 Å². The molecule has 7 heteroatoms. The molecule has 2 aromatic heterocycles. The van der Waals surface area contributed by atoms with Gasteiger partial charge in [0.05, 0.1) is 0 Å². The van der Waals surface area contributed by atoms with Gasteiger partial charge < -0.3 is 0 Å². The quantitative estimate of drug-likeness (QED) is 0.726. The fraction of sp³-hybridized carbons (Fsp3) is 0.111. The second-order valence-electron chi connectivity index (χ2n) is 2.96. The van der Waals surface area contributed by atoms with Crippen LogP contribution in [0.2, 0.25) is 5.15 Å². The zero-order valence-electron chi connectivity index (χ0n) is 7.74. The molecule has 0 aromatic carbocycles. The first-order valence-corrected chi connectivity index (χ1v) is 4.60. The van der Waals surface area contributed by atoms with E-state index in [1.165, 1.54) is 18.5 Å². The molecule has 2 heterocycles. The fourth-order valence-corrected chi connectivity index (χ4v) is 1.36. The molecule has 0 spiro atoms. The summed E-state index contributed by atoms with van der Waals surface area (Å²) in [5.74, 6) is 0. The zero-order valence-corrected chi connectivity index (χ0v) is 8.50. The standard InChI is InChI=1S/C9H5ClF3N3/c10-8-6(2-1-4-14-8)16-5-3-7(15-16)9(11,12)13/h1-5H. The van der Waals surface area contributed by atoms with E-state index in [1.807, 2.05) is 0 Å². The summed E-state index contributed by atoms with van der Waals surface area (Å²) in [5, 5.41) is 3.48. The Morgan fingerprint density at radius 3 is 2.56 bits per heavy atom. The summed E-state index contributed by atoms with van der Waals surface area (Å²) in [7, 11) is 0. The van der Waals surface area contributed by atoms with E-state index in [0.29, 0.717) is 5.69 Å². The molecule has 2 aromatic rings. The molecule has 0 aliphatic rings. The second-order valence-corrected chi connectivity index (χ2v) is 3.31. The second kappa shape index (κ2) is 3.79. The van der Waals surface area contributed by atoms with Crippen molar-refractivity contribution in [2.75, 3.05) is 0 Å². The zero-order chi connectivity index (χ0) is 11.8. The Labute approximate surface area is 93.5 Å². The van der Waals surface area contributed by atoms with E-state index in [-0.39, 0.29) is 5.15 Å². The molecular formula is C9H5ClF3N3. The van der Waals surface area contributed by atoms with Gasteiger partial charge in [-0.05, 0) is 18.2 Å². The number of pyridine rings is 1. The topological polar surface area (TPSA) is 30.7 Å². The lowest BCUT2D eigenvalue weighted by atomic mass is 10.4. The molecule has 0 saturated carbocycles. The maximum absolute atomic E-state index is 12.3. The third-order valence-electron chi connectivity index (χ3n) is 1.87. The SMILES string of the molecule is FC(F)(F)c1ccn(-c2cccnc2Cl)n1. The molecule has 2 rings (SSSR count). The van der Waals surface area contributed by atoms with E-state index < -0.39 is 11.9 Å². The summed E-state index contributed by atoms with van der Waals surface area (Å²) in [4.78, 5) is 3.75. The Morgan fingerprint density at radius 2 is 2.00 bits per heavy atom. The number of aromatic nitrogens is 3. The van der Waals surface area contributed by atoms with E-state index >= 15 is 0 Å². The highest BCUT2D eigenvalue weighted by atomic mass is 35.5. The van der Waals surface area contributed by atoms with E-state index in [1.54, 1.807) is 6.07 Å². The fourth-order valence-electron chi connectivity index (χ4n) is 1.16. The third kappa shape index (κ3) is 2.01. The normalized spacial score (nSPS) is 11.8. The highest BCUT2D eigenvalue weighted by Crippen LogP contribution is 2.28. The van der Waals surface area contributed by atoms with Crippen molar-refractivity contribution in [2.45, 2.75) is 6.18 Å². The molecule has 16 heavy (non-hydrogen) atoms. The molecule has 0 saturated heterocycles. The molecule has 0 atom stereocenters. The minimum absolute atomic E-state index is 0.0966. The number of hydrogen-bond donors (Lipinski definition) is 0. The van der Waals surface area contributed by atoms with Gasteiger partial charge in [0.25, 0.3) is 0 Å². The number of halogens is 4. The number of alkyl halides is 3. The molecule has 0 unspecified atom stereocenters. The monoisotopic (exact) mass is 247 g/mol. The van der Waals surface area contributed by atoms with Crippen molar-refractivity contribution < 1.29 is 13.2 Å². The van der Waals surface area contributed by atoms with Gasteiger partial charge in [-0.2, -0.15) is 18.3 Å². The molecule has 0 radical (unpaired) electrons. The predicted molar refractivity (Wildman–Crippen MR) is 51.4 cm³/mol. The van der Waals surface area contributed by atoms with Crippen LogP contribution in [-0.4, -0.2) is 14.8 Å². The van der Waals surface area contributed by atoms with Crippen molar-refractivity contribution in [3.05, 3.63) is 41.4 Å². The van der Waals surface area contributed by atoms with Gasteiger partial charge in [-0.15, -0.1) is 0 Å². The van der Waals surface area contributed by atoms with Crippen molar-refractivity contribution in [1.82, 2.24) is 14.8 Å². The van der Waals surface area contributed by atoms with Gasteiger partial charge in [0.1, 0.15) is 5.69 Å². The van der Waals surface area contributed by atoms with Gasteiger partial charge in [0, 0.05) is 12.4 Å². The van der Waals surface area contributed by atoms with Crippen molar-refractivity contribution >= 4 is 11.6 Å². The van der Waals surface area contributed by atoms with Gasteiger partial charge in [0.2, 0.25) is 0 Å². The van der Waals surface area contributed by atoms with E-state index in [9.17, 15) is 13.2 Å². The molecule has 0 aliphatic heterocycles. The summed E-state index contributed by atoms with van der Waals surface area (Å²) in [5.41, 5.74) is -0.660. The largest absolute Gasteiger partial charge is 0.435 e. The summed E-state index contributed by atoms with van der Waals surface area (Å²) < 4.78 is 37.9. The van der Waals surface area contributed by atoms with Crippen LogP contribution < -0.4 is 0 Å². The van der Waals surface area contributed by atoms with Crippen LogP contribution >= 0.6 is 11.6 Å². The predicted octanol–water partition coefficient (Wildman–Crippen LogP) is 2.94. The number of nitrogens with zero attached hydrogens (tertiary/aromatic N) is 3. The maximum atomic E-state index is 12.3. The van der Waals surface area contributed by atoms with E-state index in [2.05, 4.69) is 10.1 Å². The molecular weight excluding hydrogens is 243 g/mol. The Morgan fingerprint density at radius 1 is 1.25 bits per heavy atom. The molecule has 0 amide bonds. The summed E-state index contributed by atoms with van der Waals surface area (Å²) in [6.45, 7) is 0. The van der Waals surface area contributed by atoms with E-state index in [0.717, 1.165) is 10.7 Å². The van der Waals surface area contributed by atoms with Crippen LogP contribution in [-0.2, 0) is 6.18 Å². The summed E-state index contributed by atoms with van der Waals surface area (Å²) in [6, 6.07) is 3.97. The first-order valence-electron chi connectivity index (χ1n) is 4.22. The average Bonchev–Trinajstić information content (AvgIpc) is 2.66. The van der Waals surface area contributed by atoms with Gasteiger partial charge in [-0.25, -0.2) is 9.67 Å². The molecule has 0 bridgehead atoms. The van der Waals surface area contributed by atoms with Crippen LogP contribution in [0.1, 0.15) is 5.69 Å². The number of hydrogen-bond acceptors (Lipinski definition) is 2.